The molecule has 0 bridgehead atoms. The van der Waals surface area contributed by atoms with Crippen molar-refractivity contribution in [3.05, 3.63) is 41.7 Å². The summed E-state index contributed by atoms with van der Waals surface area (Å²) in [5, 5.41) is 0. The van der Waals surface area contributed by atoms with Crippen LogP contribution in [-0.2, 0) is 4.74 Å². The Kier molecular flexibility index (Phi) is 2.89. The first kappa shape index (κ1) is 12.6. The number of fused-ring (bicyclic) bond motifs is 3. The van der Waals surface area contributed by atoms with Gasteiger partial charge in [0, 0.05) is 11.9 Å². The van der Waals surface area contributed by atoms with Crippen molar-refractivity contribution in [2.45, 2.75) is 26.9 Å². The van der Waals surface area contributed by atoms with Crippen molar-refractivity contribution >= 4 is 22.8 Å². The van der Waals surface area contributed by atoms with Crippen LogP contribution in [0.1, 0.15) is 29.9 Å². The number of hydrogen-bond donors (Lipinski definition) is 0. The number of nitrogens with zero attached hydrogens (tertiary/aromatic N) is 3. The Balaban J connectivity index is 2.24. The van der Waals surface area contributed by atoms with E-state index < -0.39 is 0 Å². The van der Waals surface area contributed by atoms with Gasteiger partial charge in [-0.25, -0.2) is 14.8 Å². The van der Waals surface area contributed by atoms with Gasteiger partial charge in [0.05, 0.1) is 22.7 Å². The molecule has 0 saturated carbocycles. The van der Waals surface area contributed by atoms with Crippen LogP contribution in [0, 0.1) is 6.92 Å². The molecule has 0 unspecified atom stereocenters. The lowest BCUT2D eigenvalue weighted by atomic mass is 10.2. The summed E-state index contributed by atoms with van der Waals surface area (Å²) < 4.78 is 7.12. The molecule has 5 nitrogen and oxygen atoms in total. The molecule has 5 heteroatoms. The van der Waals surface area contributed by atoms with E-state index in [0.29, 0.717) is 11.3 Å². The molecule has 2 heterocycles. The van der Waals surface area contributed by atoms with E-state index in [1.54, 1.807) is 0 Å². The number of esters is 1. The molecule has 0 atom stereocenters. The molecule has 0 fully saturated rings. The molecule has 0 radical (unpaired) electrons. The van der Waals surface area contributed by atoms with Gasteiger partial charge in [-0.15, -0.1) is 0 Å². The fraction of sp³-hybridized carbons (Fsp3) is 0.267. The van der Waals surface area contributed by atoms with Gasteiger partial charge in [0.1, 0.15) is 0 Å². The Morgan fingerprint density at radius 3 is 2.80 bits per heavy atom. The Bertz CT molecular complexity index is 805. The minimum atomic E-state index is -0.357. The van der Waals surface area contributed by atoms with E-state index in [9.17, 15) is 4.79 Å². The third-order valence-corrected chi connectivity index (χ3v) is 3.14. The molecule has 0 aliphatic carbocycles. The highest BCUT2D eigenvalue weighted by Gasteiger charge is 2.17. The zero-order chi connectivity index (χ0) is 14.3. The van der Waals surface area contributed by atoms with E-state index in [0.717, 1.165) is 16.7 Å². The Morgan fingerprint density at radius 2 is 2.05 bits per heavy atom. The van der Waals surface area contributed by atoms with Crippen LogP contribution in [0.5, 0.6) is 0 Å². The summed E-state index contributed by atoms with van der Waals surface area (Å²) in [7, 11) is 0. The number of aryl methyl sites for hydroxylation is 1. The second kappa shape index (κ2) is 4.59. The number of ether oxygens (including phenoxy) is 1. The summed E-state index contributed by atoms with van der Waals surface area (Å²) in [5.41, 5.74) is 3.05. The molecule has 3 rings (SSSR count). The van der Waals surface area contributed by atoms with Crippen molar-refractivity contribution in [3.8, 4) is 0 Å². The third kappa shape index (κ3) is 1.91. The number of benzene rings is 1. The molecule has 0 N–H and O–H groups in total. The van der Waals surface area contributed by atoms with Gasteiger partial charge in [-0.05, 0) is 32.9 Å². The minimum Gasteiger partial charge on any atom is -0.459 e. The van der Waals surface area contributed by atoms with Crippen LogP contribution in [0.4, 0.5) is 0 Å². The van der Waals surface area contributed by atoms with E-state index in [1.807, 2.05) is 49.4 Å². The fourth-order valence-corrected chi connectivity index (χ4v) is 2.24. The van der Waals surface area contributed by atoms with E-state index in [2.05, 4.69) is 9.97 Å². The highest BCUT2D eigenvalue weighted by Crippen LogP contribution is 2.19. The summed E-state index contributed by atoms with van der Waals surface area (Å²) in [6, 6.07) is 7.75. The molecule has 0 aliphatic heterocycles. The quantitative estimate of drug-likeness (QED) is 0.671. The number of aromatic nitrogens is 3. The average molecular weight is 269 g/mol. The number of rotatable bonds is 2. The predicted molar refractivity (Wildman–Crippen MR) is 75.8 cm³/mol. The van der Waals surface area contributed by atoms with Crippen LogP contribution in [-0.4, -0.2) is 26.4 Å². The molecule has 20 heavy (non-hydrogen) atoms. The molecule has 102 valence electrons. The number of carbonyl (C=O) groups is 1. The molecule has 2 aromatic heterocycles. The van der Waals surface area contributed by atoms with E-state index >= 15 is 0 Å². The predicted octanol–water partition coefficient (Wildman–Crippen LogP) is 2.76. The maximum absolute atomic E-state index is 12.1. The summed E-state index contributed by atoms with van der Waals surface area (Å²) in [6.07, 6.45) is 1.37. The Hall–Kier alpha value is -2.43. The number of imidazole rings is 1. The number of para-hydroxylation sites is 2. The maximum atomic E-state index is 12.1. The SMILES string of the molecule is Cc1c(C(=O)OC(C)C)cnc2nc3ccccc3n12. The molecule has 0 saturated heterocycles. The van der Waals surface area contributed by atoms with Gasteiger partial charge in [0.25, 0.3) is 0 Å². The monoisotopic (exact) mass is 269 g/mol. The van der Waals surface area contributed by atoms with Crippen LogP contribution >= 0.6 is 0 Å². The van der Waals surface area contributed by atoms with Crippen LogP contribution in [0.25, 0.3) is 16.8 Å². The zero-order valence-electron chi connectivity index (χ0n) is 11.6. The summed E-state index contributed by atoms with van der Waals surface area (Å²) in [5.74, 6) is 0.231. The topological polar surface area (TPSA) is 56.5 Å². The second-order valence-electron chi connectivity index (χ2n) is 4.95. The summed E-state index contributed by atoms with van der Waals surface area (Å²) in [6.45, 7) is 5.53. The zero-order valence-corrected chi connectivity index (χ0v) is 11.6. The van der Waals surface area contributed by atoms with Crippen LogP contribution in [0.15, 0.2) is 30.5 Å². The average Bonchev–Trinajstić information content (AvgIpc) is 2.77. The van der Waals surface area contributed by atoms with Crippen molar-refractivity contribution in [2.75, 3.05) is 0 Å². The molecule has 0 aliphatic rings. The smallest absolute Gasteiger partial charge is 0.341 e. The van der Waals surface area contributed by atoms with Crippen molar-refractivity contribution in [2.24, 2.45) is 0 Å². The van der Waals surface area contributed by atoms with Crippen molar-refractivity contribution in [3.63, 3.8) is 0 Å². The number of hydrogen-bond acceptors (Lipinski definition) is 4. The summed E-state index contributed by atoms with van der Waals surface area (Å²) in [4.78, 5) is 20.8. The molecular formula is C15H15N3O2. The van der Waals surface area contributed by atoms with Gasteiger partial charge in [0.15, 0.2) is 0 Å². The van der Waals surface area contributed by atoms with Crippen LogP contribution < -0.4 is 0 Å². The van der Waals surface area contributed by atoms with Gasteiger partial charge >= 0.3 is 5.97 Å². The third-order valence-electron chi connectivity index (χ3n) is 3.14. The molecule has 0 amide bonds. The highest BCUT2D eigenvalue weighted by atomic mass is 16.5. The fourth-order valence-electron chi connectivity index (χ4n) is 2.24. The maximum Gasteiger partial charge on any atom is 0.341 e. The van der Waals surface area contributed by atoms with E-state index in [1.165, 1.54) is 6.20 Å². The minimum absolute atomic E-state index is 0.155. The highest BCUT2D eigenvalue weighted by molar-refractivity contribution is 5.91. The Labute approximate surface area is 116 Å². The molecule has 1 aromatic carbocycles. The van der Waals surface area contributed by atoms with E-state index in [4.69, 9.17) is 4.74 Å². The lowest BCUT2D eigenvalue weighted by Gasteiger charge is -2.10. The largest absolute Gasteiger partial charge is 0.459 e. The van der Waals surface area contributed by atoms with Gasteiger partial charge in [-0.1, -0.05) is 12.1 Å². The molecule has 0 spiro atoms. The van der Waals surface area contributed by atoms with Crippen molar-refractivity contribution in [1.29, 1.82) is 0 Å². The van der Waals surface area contributed by atoms with Gasteiger partial charge in [-0.2, -0.15) is 0 Å². The van der Waals surface area contributed by atoms with Crippen LogP contribution in [0.3, 0.4) is 0 Å². The van der Waals surface area contributed by atoms with Crippen LogP contribution in [0.2, 0.25) is 0 Å². The van der Waals surface area contributed by atoms with Gasteiger partial charge in [0.2, 0.25) is 5.78 Å². The number of carbonyl (C=O) groups excluding carboxylic acids is 1. The van der Waals surface area contributed by atoms with Crippen molar-refractivity contribution < 1.29 is 9.53 Å². The lowest BCUT2D eigenvalue weighted by Crippen LogP contribution is -2.15. The van der Waals surface area contributed by atoms with E-state index in [-0.39, 0.29) is 12.1 Å². The second-order valence-corrected chi connectivity index (χ2v) is 4.95. The van der Waals surface area contributed by atoms with Gasteiger partial charge < -0.3 is 4.74 Å². The molecular weight excluding hydrogens is 254 g/mol. The van der Waals surface area contributed by atoms with Gasteiger partial charge in [-0.3, -0.25) is 4.40 Å². The first-order valence-corrected chi connectivity index (χ1v) is 6.51. The first-order valence-electron chi connectivity index (χ1n) is 6.51. The standard InChI is InChI=1S/C15H15N3O2/c1-9(2)20-14(19)11-8-16-15-17-12-6-4-5-7-13(12)18(15)10(11)3/h4-9H,1-3H3. The Morgan fingerprint density at radius 1 is 1.30 bits per heavy atom. The normalized spacial score (nSPS) is 11.4. The molecule has 3 aromatic rings. The summed E-state index contributed by atoms with van der Waals surface area (Å²) >= 11 is 0. The van der Waals surface area contributed by atoms with Crippen molar-refractivity contribution in [1.82, 2.24) is 14.4 Å². The first-order chi connectivity index (χ1) is 9.58. The lowest BCUT2D eigenvalue weighted by molar-refractivity contribution is 0.0376.